The van der Waals surface area contributed by atoms with Crippen LogP contribution < -0.4 is 5.73 Å². The predicted octanol–water partition coefficient (Wildman–Crippen LogP) is 10.5. The van der Waals surface area contributed by atoms with Gasteiger partial charge < -0.3 is 25.2 Å². The molecule has 3 atom stereocenters. The third-order valence-corrected chi connectivity index (χ3v) is 9.38. The maximum absolute atomic E-state index is 12.6. The molecule has 3 unspecified atom stereocenters. The highest BCUT2D eigenvalue weighted by molar-refractivity contribution is 7.47. The summed E-state index contributed by atoms with van der Waals surface area (Å²) in [6, 6.07) is -1.47. The summed E-state index contributed by atoms with van der Waals surface area (Å²) in [5.41, 5.74) is 5.34. The van der Waals surface area contributed by atoms with Crippen LogP contribution in [0.5, 0.6) is 0 Å². The Bertz CT molecular complexity index is 956. The standard InChI is InChI=1S/C40H74NO9P/c1-3-5-7-9-11-13-15-17-19-20-22-24-26-28-30-32-39(42)50-37(35-48-51(45,46)49-36-38(41)40(43)44)34-47-33-31-29-27-25-23-21-18-16-14-12-10-8-6-4-2/h6,8,12,14,18,21,37-38H,3-5,7,9-11,13,15-17,19-20,22-36,41H2,1-2H3,(H,43,44)(H,45,46)/b8-6-,14-12-,21-18-. The van der Waals surface area contributed by atoms with Gasteiger partial charge >= 0.3 is 19.8 Å². The number of carbonyl (C=O) groups excluding carboxylic acids is 1. The second-order valence-corrected chi connectivity index (χ2v) is 14.8. The number of ether oxygens (including phenoxy) is 2. The van der Waals surface area contributed by atoms with Crippen molar-refractivity contribution < 1.29 is 42.7 Å². The van der Waals surface area contributed by atoms with Gasteiger partial charge in [-0.15, -0.1) is 0 Å². The first kappa shape index (κ1) is 49.2. The Labute approximate surface area is 310 Å². The van der Waals surface area contributed by atoms with Gasteiger partial charge in [-0.3, -0.25) is 18.6 Å². The zero-order chi connectivity index (χ0) is 37.7. The molecule has 0 aromatic carbocycles. The number of phosphoric acid groups is 1. The van der Waals surface area contributed by atoms with Crippen LogP contribution in [-0.4, -0.2) is 60.5 Å². The number of hydrogen-bond acceptors (Lipinski definition) is 8. The lowest BCUT2D eigenvalue weighted by Gasteiger charge is -2.20. The Balaban J connectivity index is 4.30. The Morgan fingerprint density at radius 3 is 1.71 bits per heavy atom. The SMILES string of the molecule is CC/C=C\C/C=C\C/C=C\CCCCCCOCC(COP(=O)(O)OCC(N)C(=O)O)OC(=O)CCCCCCCCCCCCCCCCC. The largest absolute Gasteiger partial charge is 0.480 e. The van der Waals surface area contributed by atoms with Crippen molar-refractivity contribution in [1.82, 2.24) is 0 Å². The molecule has 0 radical (unpaired) electrons. The van der Waals surface area contributed by atoms with Gasteiger partial charge in [-0.25, -0.2) is 4.57 Å². The summed E-state index contributed by atoms with van der Waals surface area (Å²) in [5, 5.41) is 8.87. The van der Waals surface area contributed by atoms with E-state index in [4.69, 9.17) is 29.4 Å². The van der Waals surface area contributed by atoms with Crippen molar-refractivity contribution in [3.05, 3.63) is 36.5 Å². The molecule has 0 fully saturated rings. The summed E-state index contributed by atoms with van der Waals surface area (Å²) in [6.45, 7) is 3.71. The van der Waals surface area contributed by atoms with E-state index in [1.807, 2.05) is 0 Å². The normalized spacial score (nSPS) is 14.4. The van der Waals surface area contributed by atoms with Crippen molar-refractivity contribution in [3.8, 4) is 0 Å². The van der Waals surface area contributed by atoms with Crippen molar-refractivity contribution in [3.63, 3.8) is 0 Å². The molecule has 0 amide bonds. The summed E-state index contributed by atoms with van der Waals surface area (Å²) in [7, 11) is -4.62. The van der Waals surface area contributed by atoms with Crippen LogP contribution in [0.15, 0.2) is 36.5 Å². The van der Waals surface area contributed by atoms with E-state index in [0.717, 1.165) is 64.2 Å². The Morgan fingerprint density at radius 2 is 1.14 bits per heavy atom. The van der Waals surface area contributed by atoms with E-state index in [-0.39, 0.29) is 13.0 Å². The van der Waals surface area contributed by atoms with Gasteiger partial charge in [0.05, 0.1) is 19.8 Å². The van der Waals surface area contributed by atoms with Crippen LogP contribution in [0.4, 0.5) is 0 Å². The molecule has 0 saturated carbocycles. The number of carboxylic acids is 1. The van der Waals surface area contributed by atoms with E-state index in [0.29, 0.717) is 13.0 Å². The lowest BCUT2D eigenvalue weighted by molar-refractivity contribution is -0.154. The molecule has 0 aliphatic rings. The minimum absolute atomic E-state index is 0.00370. The average Bonchev–Trinajstić information content (AvgIpc) is 3.10. The summed E-state index contributed by atoms with van der Waals surface area (Å²) >= 11 is 0. The fourth-order valence-corrected chi connectivity index (χ4v) is 6.10. The molecule has 0 rings (SSSR count). The number of hydrogen-bond donors (Lipinski definition) is 3. The van der Waals surface area contributed by atoms with Crippen molar-refractivity contribution >= 4 is 19.8 Å². The van der Waals surface area contributed by atoms with Gasteiger partial charge in [0.1, 0.15) is 12.1 Å². The maximum atomic E-state index is 12.6. The molecule has 0 aliphatic heterocycles. The monoisotopic (exact) mass is 744 g/mol. The first-order valence-corrected chi connectivity index (χ1v) is 21.5. The molecule has 298 valence electrons. The summed E-state index contributed by atoms with van der Waals surface area (Å²) < 4.78 is 33.2. The highest BCUT2D eigenvalue weighted by atomic mass is 31.2. The number of unbranched alkanes of at least 4 members (excludes halogenated alkanes) is 18. The molecule has 0 heterocycles. The van der Waals surface area contributed by atoms with Crippen LogP contribution in [0.3, 0.4) is 0 Å². The van der Waals surface area contributed by atoms with Crippen molar-refractivity contribution in [2.24, 2.45) is 5.73 Å². The van der Waals surface area contributed by atoms with Gasteiger partial charge in [-0.1, -0.05) is 153 Å². The Morgan fingerprint density at radius 1 is 0.647 bits per heavy atom. The third-order valence-electron chi connectivity index (χ3n) is 8.43. The van der Waals surface area contributed by atoms with E-state index in [1.165, 1.54) is 77.0 Å². The van der Waals surface area contributed by atoms with E-state index in [9.17, 15) is 19.0 Å². The molecule has 0 aromatic rings. The second kappa shape index (κ2) is 36.5. The minimum atomic E-state index is -4.62. The molecule has 11 heteroatoms. The predicted molar refractivity (Wildman–Crippen MR) is 208 cm³/mol. The van der Waals surface area contributed by atoms with Crippen LogP contribution in [0.2, 0.25) is 0 Å². The van der Waals surface area contributed by atoms with Gasteiger partial charge in [0.25, 0.3) is 0 Å². The molecule has 51 heavy (non-hydrogen) atoms. The molecular formula is C40H74NO9P. The number of esters is 1. The van der Waals surface area contributed by atoms with Crippen molar-refractivity contribution in [1.29, 1.82) is 0 Å². The molecule has 0 aromatic heterocycles. The molecule has 0 saturated heterocycles. The van der Waals surface area contributed by atoms with Crippen LogP contribution in [0.1, 0.15) is 168 Å². The molecule has 0 spiro atoms. The lowest BCUT2D eigenvalue weighted by atomic mass is 10.0. The molecular weight excluding hydrogens is 669 g/mol. The number of carboxylic acid groups (broad SMARTS) is 1. The minimum Gasteiger partial charge on any atom is -0.480 e. The third kappa shape index (κ3) is 36.3. The summed E-state index contributed by atoms with van der Waals surface area (Å²) in [4.78, 5) is 33.4. The number of rotatable bonds is 38. The summed E-state index contributed by atoms with van der Waals surface area (Å²) in [5.74, 6) is -1.79. The van der Waals surface area contributed by atoms with Gasteiger partial charge in [0, 0.05) is 13.0 Å². The number of allylic oxidation sites excluding steroid dienone is 6. The van der Waals surface area contributed by atoms with Crippen LogP contribution in [0, 0.1) is 0 Å². The summed E-state index contributed by atoms with van der Waals surface area (Å²) in [6.07, 6.45) is 39.1. The molecule has 10 nitrogen and oxygen atoms in total. The van der Waals surface area contributed by atoms with Gasteiger partial charge in [0.15, 0.2) is 0 Å². The van der Waals surface area contributed by atoms with E-state index >= 15 is 0 Å². The Hall–Kier alpha value is -1.81. The van der Waals surface area contributed by atoms with E-state index in [2.05, 4.69) is 50.3 Å². The fraction of sp³-hybridized carbons (Fsp3) is 0.800. The number of aliphatic carboxylic acids is 1. The number of phosphoric ester groups is 1. The average molecular weight is 744 g/mol. The van der Waals surface area contributed by atoms with Gasteiger partial charge in [0.2, 0.25) is 0 Å². The fourth-order valence-electron chi connectivity index (χ4n) is 5.32. The van der Waals surface area contributed by atoms with Crippen molar-refractivity contribution in [2.45, 2.75) is 180 Å². The van der Waals surface area contributed by atoms with E-state index in [1.54, 1.807) is 0 Å². The lowest BCUT2D eigenvalue weighted by Crippen LogP contribution is -2.34. The number of carbonyl (C=O) groups is 2. The van der Waals surface area contributed by atoms with Crippen molar-refractivity contribution in [2.75, 3.05) is 26.4 Å². The molecule has 0 aliphatic carbocycles. The zero-order valence-corrected chi connectivity index (χ0v) is 33.1. The smallest absolute Gasteiger partial charge is 0.472 e. The highest BCUT2D eigenvalue weighted by Crippen LogP contribution is 2.43. The van der Waals surface area contributed by atoms with Gasteiger partial charge in [-0.05, 0) is 44.9 Å². The number of nitrogens with two attached hydrogens (primary N) is 1. The van der Waals surface area contributed by atoms with E-state index < -0.39 is 45.1 Å². The topological polar surface area (TPSA) is 155 Å². The zero-order valence-electron chi connectivity index (χ0n) is 32.2. The van der Waals surface area contributed by atoms with Crippen LogP contribution in [0.25, 0.3) is 0 Å². The molecule has 0 bridgehead atoms. The highest BCUT2D eigenvalue weighted by Gasteiger charge is 2.27. The quantitative estimate of drug-likeness (QED) is 0.0241. The van der Waals surface area contributed by atoms with Crippen LogP contribution in [-0.2, 0) is 32.7 Å². The first-order valence-electron chi connectivity index (χ1n) is 20.0. The first-order chi connectivity index (χ1) is 24.7. The van der Waals surface area contributed by atoms with Gasteiger partial charge in [-0.2, -0.15) is 0 Å². The van der Waals surface area contributed by atoms with Crippen LogP contribution >= 0.6 is 7.82 Å². The maximum Gasteiger partial charge on any atom is 0.472 e. The second-order valence-electron chi connectivity index (χ2n) is 13.4. The molecule has 4 N–H and O–H groups in total. The Kier molecular flexibility index (Phi) is 35.2.